The molecule has 0 N–H and O–H groups in total. The molecule has 0 nitrogen and oxygen atoms in total. The van der Waals surface area contributed by atoms with Crippen molar-refractivity contribution in [3.05, 3.63) is 85.0 Å². The van der Waals surface area contributed by atoms with Crippen LogP contribution in [0, 0.1) is 0 Å². The first kappa shape index (κ1) is 12.4. The van der Waals surface area contributed by atoms with Crippen molar-refractivity contribution < 1.29 is 0 Å². The molecule has 0 bridgehead atoms. The summed E-state index contributed by atoms with van der Waals surface area (Å²) in [4.78, 5) is 0. The van der Waals surface area contributed by atoms with E-state index in [1.54, 1.807) is 0 Å². The fraction of sp³-hybridized carbons (Fsp3) is 0.111. The van der Waals surface area contributed by atoms with Crippen molar-refractivity contribution in [2.75, 3.05) is 6.66 Å². The lowest BCUT2D eigenvalue weighted by Gasteiger charge is -2.27. The molecule has 3 rings (SSSR count). The molecule has 0 aliphatic heterocycles. The number of hydrogen-bond donors (Lipinski definition) is 0. The van der Waals surface area contributed by atoms with Crippen molar-refractivity contribution in [1.82, 2.24) is 0 Å². The molecule has 0 spiro atoms. The maximum absolute atomic E-state index is 2.45. The predicted molar refractivity (Wildman–Crippen MR) is 87.1 cm³/mol. The summed E-state index contributed by atoms with van der Waals surface area (Å²) in [6, 6.07) is 21.9. The van der Waals surface area contributed by atoms with Gasteiger partial charge in [0.15, 0.2) is 0 Å². The van der Waals surface area contributed by atoms with Crippen molar-refractivity contribution in [3.8, 4) is 0 Å². The van der Waals surface area contributed by atoms with Crippen molar-refractivity contribution in [1.29, 1.82) is 0 Å². The van der Waals surface area contributed by atoms with Crippen LogP contribution in [0.1, 0.15) is 0 Å². The van der Waals surface area contributed by atoms with Crippen LogP contribution in [0.5, 0.6) is 0 Å². The summed E-state index contributed by atoms with van der Waals surface area (Å²) in [6.45, 7) is 2.45. The highest BCUT2D eigenvalue weighted by atomic mass is 31.2. The zero-order valence-corrected chi connectivity index (χ0v) is 12.0. The minimum Gasteiger partial charge on any atom is -0.0622 e. The van der Waals surface area contributed by atoms with Gasteiger partial charge in [0, 0.05) is 0 Å². The number of allylic oxidation sites excluding steroid dienone is 4. The molecule has 1 aliphatic carbocycles. The molecule has 0 aromatic heterocycles. The minimum atomic E-state index is -1.40. The van der Waals surface area contributed by atoms with E-state index in [0.29, 0.717) is 5.66 Å². The van der Waals surface area contributed by atoms with Crippen LogP contribution < -0.4 is 10.6 Å². The highest BCUT2D eigenvalue weighted by Crippen LogP contribution is 2.58. The molecule has 0 atom stereocenters. The molecule has 1 heteroatoms. The Morgan fingerprint density at radius 3 is 1.53 bits per heavy atom. The second kappa shape index (κ2) is 5.15. The van der Waals surface area contributed by atoms with Gasteiger partial charge in [-0.15, -0.1) is 0 Å². The molecule has 2 aromatic carbocycles. The smallest absolute Gasteiger partial charge is 0.0622 e. The Balaban J connectivity index is 2.16. The lowest BCUT2D eigenvalue weighted by atomic mass is 10.4. The fourth-order valence-corrected chi connectivity index (χ4v) is 6.19. The Morgan fingerprint density at radius 1 is 0.684 bits per heavy atom. The molecule has 1 aliphatic rings. The maximum atomic E-state index is 2.45. The normalized spacial score (nSPS) is 15.0. The van der Waals surface area contributed by atoms with E-state index in [0.717, 1.165) is 0 Å². The number of hydrogen-bond acceptors (Lipinski definition) is 0. The average Bonchev–Trinajstić information content (AvgIpc) is 3.03. The first-order valence-corrected chi connectivity index (χ1v) is 8.95. The van der Waals surface area contributed by atoms with E-state index in [1.807, 2.05) is 0 Å². The highest BCUT2D eigenvalue weighted by Gasteiger charge is 2.43. The number of rotatable bonds is 3. The third kappa shape index (κ3) is 2.17. The molecule has 19 heavy (non-hydrogen) atoms. The van der Waals surface area contributed by atoms with Gasteiger partial charge in [-0.2, -0.15) is 0 Å². The van der Waals surface area contributed by atoms with Crippen LogP contribution in [0.3, 0.4) is 0 Å². The van der Waals surface area contributed by atoms with Gasteiger partial charge in [-0.25, -0.2) is 0 Å². The van der Waals surface area contributed by atoms with Crippen molar-refractivity contribution in [2.24, 2.45) is 0 Å². The second-order valence-electron chi connectivity index (χ2n) is 5.01. The molecule has 0 fully saturated rings. The fourth-order valence-electron chi connectivity index (χ4n) is 2.73. The third-order valence-electron chi connectivity index (χ3n) is 3.91. The largest absolute Gasteiger partial charge is 0.115 e. The first-order chi connectivity index (χ1) is 9.32. The Kier molecular flexibility index (Phi) is 3.36. The molecule has 2 aromatic rings. The van der Waals surface area contributed by atoms with Crippen molar-refractivity contribution in [2.45, 2.75) is 5.66 Å². The first-order valence-electron chi connectivity index (χ1n) is 6.64. The van der Waals surface area contributed by atoms with Gasteiger partial charge in [0.2, 0.25) is 0 Å². The summed E-state index contributed by atoms with van der Waals surface area (Å²) in [6.07, 6.45) is 9.03. The van der Waals surface area contributed by atoms with Crippen LogP contribution in [-0.4, -0.2) is 12.3 Å². The zero-order valence-electron chi connectivity index (χ0n) is 11.1. The quantitative estimate of drug-likeness (QED) is 0.741. The van der Waals surface area contributed by atoms with E-state index in [9.17, 15) is 0 Å². The zero-order chi connectivity index (χ0) is 13.1. The maximum Gasteiger partial charge on any atom is 0.115 e. The topological polar surface area (TPSA) is 0 Å². The van der Waals surface area contributed by atoms with Crippen molar-refractivity contribution >= 4 is 17.9 Å². The highest BCUT2D eigenvalue weighted by molar-refractivity contribution is 7.89. The third-order valence-corrected chi connectivity index (χ3v) is 8.19. The van der Waals surface area contributed by atoms with Crippen LogP contribution in [-0.2, 0) is 0 Å². The SMILES string of the molecule is C[P+](c1ccccc1)(c1ccccc1)C1C=CC=C1. The van der Waals surface area contributed by atoms with Gasteiger partial charge in [-0.05, 0) is 36.4 Å². The summed E-state index contributed by atoms with van der Waals surface area (Å²) in [5, 5.41) is 2.95. The van der Waals surface area contributed by atoms with E-state index in [2.05, 4.69) is 91.6 Å². The van der Waals surface area contributed by atoms with E-state index in [1.165, 1.54) is 10.6 Å². The van der Waals surface area contributed by atoms with Crippen LogP contribution in [0.25, 0.3) is 0 Å². The van der Waals surface area contributed by atoms with Gasteiger partial charge in [-0.3, -0.25) is 0 Å². The van der Waals surface area contributed by atoms with Crippen LogP contribution >= 0.6 is 7.26 Å². The molecule has 0 saturated heterocycles. The monoisotopic (exact) mass is 265 g/mol. The van der Waals surface area contributed by atoms with E-state index in [-0.39, 0.29) is 0 Å². The van der Waals surface area contributed by atoms with E-state index < -0.39 is 7.26 Å². The van der Waals surface area contributed by atoms with Gasteiger partial charge < -0.3 is 0 Å². The lowest BCUT2D eigenvalue weighted by Crippen LogP contribution is -2.28. The van der Waals surface area contributed by atoms with E-state index in [4.69, 9.17) is 0 Å². The summed E-state index contributed by atoms with van der Waals surface area (Å²) < 4.78 is 0. The molecular weight excluding hydrogens is 247 g/mol. The molecule has 0 unspecified atom stereocenters. The van der Waals surface area contributed by atoms with Crippen molar-refractivity contribution in [3.63, 3.8) is 0 Å². The molecule has 94 valence electrons. The van der Waals surface area contributed by atoms with Crippen LogP contribution in [0.15, 0.2) is 85.0 Å². The standard InChI is InChI=1S/C18H18P/c1-19(18-14-8-9-15-18,16-10-4-2-5-11-16)17-12-6-3-7-13-17/h2-15,18H,1H3/q+1. The summed E-state index contributed by atoms with van der Waals surface area (Å²) >= 11 is 0. The Hall–Kier alpha value is -1.65. The Morgan fingerprint density at radius 2 is 1.11 bits per heavy atom. The molecule has 0 amide bonds. The molecule has 0 saturated carbocycles. The Bertz CT molecular complexity index is 545. The van der Waals surface area contributed by atoms with Gasteiger partial charge in [-0.1, -0.05) is 48.6 Å². The molecular formula is C18H18P+. The van der Waals surface area contributed by atoms with Crippen LogP contribution in [0.2, 0.25) is 0 Å². The average molecular weight is 265 g/mol. The lowest BCUT2D eigenvalue weighted by molar-refractivity contribution is 1.42. The minimum absolute atomic E-state index is 0.525. The van der Waals surface area contributed by atoms with Gasteiger partial charge in [0.05, 0.1) is 24.5 Å². The second-order valence-corrected chi connectivity index (χ2v) is 8.79. The molecule has 0 heterocycles. The van der Waals surface area contributed by atoms with Gasteiger partial charge >= 0.3 is 0 Å². The summed E-state index contributed by atoms with van der Waals surface area (Å²) in [5.41, 5.74) is 0.525. The number of benzene rings is 2. The van der Waals surface area contributed by atoms with Gasteiger partial charge in [0.25, 0.3) is 0 Å². The van der Waals surface area contributed by atoms with Gasteiger partial charge in [0.1, 0.15) is 5.66 Å². The Labute approximate surface area is 115 Å². The van der Waals surface area contributed by atoms with Crippen LogP contribution in [0.4, 0.5) is 0 Å². The predicted octanol–water partition coefficient (Wildman–Crippen LogP) is 3.78. The van der Waals surface area contributed by atoms with E-state index >= 15 is 0 Å². The molecule has 0 radical (unpaired) electrons. The summed E-state index contributed by atoms with van der Waals surface area (Å²) in [7, 11) is -1.40. The summed E-state index contributed by atoms with van der Waals surface area (Å²) in [5.74, 6) is 0.